The molecule has 0 saturated carbocycles. The molecule has 0 aliphatic carbocycles. The maximum absolute atomic E-state index is 12.9. The largest absolute Gasteiger partial charge is 0.447 e. The molecule has 11 heteroatoms. The summed E-state index contributed by atoms with van der Waals surface area (Å²) in [7, 11) is 0. The zero-order chi connectivity index (χ0) is 23.0. The van der Waals surface area contributed by atoms with Crippen LogP contribution in [0.1, 0.15) is 25.6 Å². The number of hydrogen-bond donors (Lipinski definition) is 0. The molecule has 1 aliphatic rings. The first-order valence-corrected chi connectivity index (χ1v) is 12.1. The number of aromatic nitrogens is 3. The van der Waals surface area contributed by atoms with Gasteiger partial charge < -0.3 is 9.47 Å². The minimum Gasteiger partial charge on any atom is -0.447 e. The van der Waals surface area contributed by atoms with E-state index in [1.807, 2.05) is 24.5 Å². The van der Waals surface area contributed by atoms with E-state index in [1.54, 1.807) is 18.2 Å². The molecule has 2 heterocycles. The van der Waals surface area contributed by atoms with E-state index in [0.717, 1.165) is 0 Å². The first kappa shape index (κ1) is 22.7. The number of rotatable bonds is 3. The zero-order valence-electron chi connectivity index (χ0n) is 17.1. The second-order valence-electron chi connectivity index (χ2n) is 6.73. The van der Waals surface area contributed by atoms with Crippen molar-refractivity contribution in [1.29, 1.82) is 0 Å². The predicted molar refractivity (Wildman–Crippen MR) is 127 cm³/mol. The number of carbonyl (C=O) groups excluding carboxylic acids is 2. The summed E-state index contributed by atoms with van der Waals surface area (Å²) in [6, 6.07) is 10.8. The van der Waals surface area contributed by atoms with E-state index >= 15 is 0 Å². The first-order valence-electron chi connectivity index (χ1n) is 9.32. The molecule has 1 aliphatic heterocycles. The normalized spacial score (nSPS) is 14.7. The maximum Gasteiger partial charge on any atom is 0.308 e. The molecular weight excluding hydrogens is 564 g/mol. The van der Waals surface area contributed by atoms with Crippen molar-refractivity contribution >= 4 is 61.2 Å². The van der Waals surface area contributed by atoms with Gasteiger partial charge in [-0.25, -0.2) is 0 Å². The van der Waals surface area contributed by atoms with Crippen LogP contribution in [-0.4, -0.2) is 33.3 Å². The van der Waals surface area contributed by atoms with Gasteiger partial charge in [0, 0.05) is 23.9 Å². The minimum atomic E-state index is -0.996. The Hall–Kier alpha value is -2.50. The molecule has 0 radical (unpaired) electrons. The van der Waals surface area contributed by atoms with Gasteiger partial charge in [-0.05, 0) is 40.4 Å². The quantitative estimate of drug-likeness (QED) is 0.239. The summed E-state index contributed by atoms with van der Waals surface area (Å²) >= 11 is 8.24. The van der Waals surface area contributed by atoms with Gasteiger partial charge in [0.25, 0.3) is 0 Å². The Kier molecular flexibility index (Phi) is 6.50. The van der Waals surface area contributed by atoms with Crippen LogP contribution in [0.2, 0.25) is 0 Å². The molecule has 0 spiro atoms. The Balaban J connectivity index is 2.02. The van der Waals surface area contributed by atoms with Crippen LogP contribution in [0.25, 0.3) is 11.3 Å². The Bertz CT molecular complexity index is 1240. The van der Waals surface area contributed by atoms with Gasteiger partial charge >= 0.3 is 5.97 Å². The lowest BCUT2D eigenvalue weighted by molar-refractivity contribution is -0.132. The summed E-state index contributed by atoms with van der Waals surface area (Å²) in [5.74, 6) is -0.328. The number of amides is 1. The highest BCUT2D eigenvalue weighted by Gasteiger charge is 2.37. The van der Waals surface area contributed by atoms with Crippen molar-refractivity contribution in [3.8, 4) is 22.9 Å². The lowest BCUT2D eigenvalue weighted by Crippen LogP contribution is -2.36. The summed E-state index contributed by atoms with van der Waals surface area (Å²) in [5, 5.41) is 8.88. The average molecular weight is 580 g/mol. The molecular formula is C21H16Br2N4O4S. The number of esters is 1. The van der Waals surface area contributed by atoms with Gasteiger partial charge in [0.05, 0.1) is 15.7 Å². The van der Waals surface area contributed by atoms with Crippen LogP contribution in [-0.2, 0) is 9.59 Å². The summed E-state index contributed by atoms with van der Waals surface area (Å²) in [4.78, 5) is 30.7. The molecule has 8 nitrogen and oxygen atoms in total. The Labute approximate surface area is 205 Å². The van der Waals surface area contributed by atoms with Crippen molar-refractivity contribution < 1.29 is 19.1 Å². The highest BCUT2D eigenvalue weighted by atomic mass is 79.9. The molecule has 164 valence electrons. The molecule has 1 aromatic heterocycles. The molecule has 0 saturated heterocycles. The number of hydrogen-bond acceptors (Lipinski definition) is 8. The van der Waals surface area contributed by atoms with E-state index in [4.69, 9.17) is 9.47 Å². The van der Waals surface area contributed by atoms with Crippen molar-refractivity contribution in [2.24, 2.45) is 0 Å². The number of halogens is 2. The van der Waals surface area contributed by atoms with Crippen LogP contribution in [0, 0.1) is 0 Å². The third-order valence-electron chi connectivity index (χ3n) is 4.58. The van der Waals surface area contributed by atoms with E-state index in [0.29, 0.717) is 36.6 Å². The predicted octanol–water partition coefficient (Wildman–Crippen LogP) is 5.15. The molecule has 0 N–H and O–H groups in total. The van der Waals surface area contributed by atoms with Gasteiger partial charge in [0.15, 0.2) is 11.4 Å². The van der Waals surface area contributed by atoms with Crippen LogP contribution in [0.4, 0.5) is 5.69 Å². The molecule has 3 aromatic rings. The molecule has 32 heavy (non-hydrogen) atoms. The average Bonchev–Trinajstić information content (AvgIpc) is 2.89. The van der Waals surface area contributed by atoms with Gasteiger partial charge in [-0.3, -0.25) is 14.5 Å². The zero-order valence-corrected chi connectivity index (χ0v) is 21.1. The minimum absolute atomic E-state index is 0.218. The first-order chi connectivity index (χ1) is 15.3. The highest BCUT2D eigenvalue weighted by Crippen LogP contribution is 2.46. The van der Waals surface area contributed by atoms with Crippen LogP contribution in [0.15, 0.2) is 50.5 Å². The summed E-state index contributed by atoms with van der Waals surface area (Å²) in [5.41, 5.74) is 2.08. The van der Waals surface area contributed by atoms with E-state index < -0.39 is 12.2 Å². The van der Waals surface area contributed by atoms with Crippen molar-refractivity contribution in [3.05, 3.63) is 50.9 Å². The third kappa shape index (κ3) is 4.24. The molecule has 1 atom stereocenters. The van der Waals surface area contributed by atoms with E-state index in [1.165, 1.54) is 30.5 Å². The second kappa shape index (κ2) is 9.16. The Morgan fingerprint density at radius 1 is 1.16 bits per heavy atom. The van der Waals surface area contributed by atoms with Crippen molar-refractivity contribution in [3.63, 3.8) is 0 Å². The number of anilines is 1. The fraction of sp³-hybridized carbons (Fsp3) is 0.190. The third-order valence-corrected chi connectivity index (χ3v) is 6.17. The number of ether oxygens (including phenoxy) is 2. The SMILES string of the molecule is CSc1nnc2c(n1)O[C@@H](c1cc(Br)cc(Br)c1OC(C)=O)N(C(C)=O)c1ccccc1-2. The molecule has 2 aromatic carbocycles. The molecule has 0 bridgehead atoms. The molecule has 4 rings (SSSR count). The van der Waals surface area contributed by atoms with Crippen LogP contribution in [0.5, 0.6) is 11.6 Å². The Morgan fingerprint density at radius 2 is 1.91 bits per heavy atom. The van der Waals surface area contributed by atoms with Crippen LogP contribution < -0.4 is 14.4 Å². The summed E-state index contributed by atoms with van der Waals surface area (Å²) < 4.78 is 13.0. The van der Waals surface area contributed by atoms with Gasteiger partial charge in [-0.1, -0.05) is 45.9 Å². The van der Waals surface area contributed by atoms with Gasteiger partial charge in [0.1, 0.15) is 0 Å². The van der Waals surface area contributed by atoms with Crippen molar-refractivity contribution in [2.45, 2.75) is 25.2 Å². The van der Waals surface area contributed by atoms with Gasteiger partial charge in [-0.15, -0.1) is 10.2 Å². The smallest absolute Gasteiger partial charge is 0.308 e. The lowest BCUT2D eigenvalue weighted by Gasteiger charge is -2.31. The number of carbonyl (C=O) groups is 2. The summed E-state index contributed by atoms with van der Waals surface area (Å²) in [6.45, 7) is 2.75. The number of benzene rings is 2. The molecule has 1 amide bonds. The fourth-order valence-corrected chi connectivity index (χ4v) is 4.99. The van der Waals surface area contributed by atoms with E-state index in [-0.39, 0.29) is 17.5 Å². The Morgan fingerprint density at radius 3 is 2.59 bits per heavy atom. The fourth-order valence-electron chi connectivity index (χ4n) is 3.36. The number of para-hydroxylation sites is 1. The second-order valence-corrected chi connectivity index (χ2v) is 9.27. The van der Waals surface area contributed by atoms with E-state index in [9.17, 15) is 9.59 Å². The number of fused-ring (bicyclic) bond motifs is 3. The van der Waals surface area contributed by atoms with E-state index in [2.05, 4.69) is 47.0 Å². The molecule has 0 fully saturated rings. The van der Waals surface area contributed by atoms with Crippen LogP contribution >= 0.6 is 43.6 Å². The molecule has 0 unspecified atom stereocenters. The topological polar surface area (TPSA) is 94.5 Å². The van der Waals surface area contributed by atoms with Crippen LogP contribution in [0.3, 0.4) is 0 Å². The van der Waals surface area contributed by atoms with Gasteiger partial charge in [0.2, 0.25) is 23.2 Å². The number of thioether (sulfide) groups is 1. The monoisotopic (exact) mass is 578 g/mol. The maximum atomic E-state index is 12.9. The lowest BCUT2D eigenvalue weighted by atomic mass is 10.1. The highest BCUT2D eigenvalue weighted by molar-refractivity contribution is 9.11. The van der Waals surface area contributed by atoms with Gasteiger partial charge in [-0.2, -0.15) is 4.98 Å². The standard InChI is InChI=1S/C21H16Br2N4O4S/c1-10(28)27-16-7-5-4-6-13(16)17-19(24-21(32-3)26-25-17)31-20(27)14-8-12(22)9-15(23)18(14)30-11(2)29/h4-9,20H,1-3H3/t20-/m0/s1. The summed E-state index contributed by atoms with van der Waals surface area (Å²) in [6.07, 6.45) is 0.835. The van der Waals surface area contributed by atoms with Crippen molar-refractivity contribution in [1.82, 2.24) is 15.2 Å². The van der Waals surface area contributed by atoms with Crippen molar-refractivity contribution in [2.75, 3.05) is 11.2 Å². The number of nitrogens with zero attached hydrogens (tertiary/aromatic N) is 4.